The number of aliphatic carboxylic acids is 1. The molecule has 0 spiro atoms. The van der Waals surface area contributed by atoms with Crippen molar-refractivity contribution in [2.75, 3.05) is 18.5 Å². The molecule has 0 bridgehead atoms. The highest BCUT2D eigenvalue weighted by Crippen LogP contribution is 2.37. The molecule has 0 saturated heterocycles. The molecule has 2 heterocycles. The molecule has 0 fully saturated rings. The Balaban J connectivity index is 1.54. The third kappa shape index (κ3) is 5.06. The Hall–Kier alpha value is -3.86. The lowest BCUT2D eigenvalue weighted by Gasteiger charge is -2.23. The molecule has 0 unspecified atom stereocenters. The van der Waals surface area contributed by atoms with E-state index in [1.54, 1.807) is 47.4 Å². The maximum Gasteiger partial charge on any atom is 0.433 e. The summed E-state index contributed by atoms with van der Waals surface area (Å²) in [5.74, 6) is -0.940. The number of alkyl halides is 3. The lowest BCUT2D eigenvalue weighted by molar-refractivity contribution is -0.143. The molecule has 1 aromatic heterocycles. The van der Waals surface area contributed by atoms with Crippen LogP contribution < -0.4 is 15.0 Å². The number of carboxylic acid groups (broad SMARTS) is 1. The summed E-state index contributed by atoms with van der Waals surface area (Å²) in [6.45, 7) is 2.04. The first-order valence-corrected chi connectivity index (χ1v) is 11.3. The van der Waals surface area contributed by atoms with Crippen molar-refractivity contribution >= 4 is 17.6 Å². The average molecular weight is 502 g/mol. The fourth-order valence-corrected chi connectivity index (χ4v) is 4.31. The summed E-state index contributed by atoms with van der Waals surface area (Å²) in [7, 11) is 1.54. The fourth-order valence-electron chi connectivity index (χ4n) is 4.31. The number of nitrogens with one attached hydrogen (secondary N) is 1. The van der Waals surface area contributed by atoms with Crippen molar-refractivity contribution in [2.45, 2.75) is 38.6 Å². The van der Waals surface area contributed by atoms with Gasteiger partial charge in [0, 0.05) is 12.2 Å². The van der Waals surface area contributed by atoms with E-state index in [1.165, 1.54) is 7.05 Å². The standard InChI is InChI=1S/C25H25F3N4O4/c1-15-18-10-11-31(24(35)19(29-2)13-23(33)34)20(18)8-9-21(15)36-14-16-12-22(25(26,27)28)32(30-16)17-6-4-3-5-7-17/h3-9,12,19,29H,10-11,13-14H2,1-2H3,(H,33,34)/t19-/m1/s1. The number of nitrogens with zero attached hydrogens (tertiary/aromatic N) is 3. The number of hydrogen-bond acceptors (Lipinski definition) is 5. The summed E-state index contributed by atoms with van der Waals surface area (Å²) in [4.78, 5) is 25.5. The molecule has 0 saturated carbocycles. The van der Waals surface area contributed by atoms with Gasteiger partial charge in [0.1, 0.15) is 23.7 Å². The lowest BCUT2D eigenvalue weighted by Crippen LogP contribution is -2.45. The molecule has 11 heteroatoms. The molecule has 190 valence electrons. The number of amides is 1. The number of anilines is 1. The third-order valence-electron chi connectivity index (χ3n) is 6.12. The van der Waals surface area contributed by atoms with Gasteiger partial charge in [0.2, 0.25) is 5.91 Å². The smallest absolute Gasteiger partial charge is 0.433 e. The Morgan fingerprint density at radius 2 is 1.92 bits per heavy atom. The molecule has 1 aliphatic heterocycles. The minimum atomic E-state index is -4.59. The number of para-hydroxylation sites is 1. The molecule has 0 aliphatic carbocycles. The van der Waals surface area contributed by atoms with E-state index in [0.29, 0.717) is 24.4 Å². The number of halogens is 3. The van der Waals surface area contributed by atoms with E-state index in [4.69, 9.17) is 9.84 Å². The fraction of sp³-hybridized carbons (Fsp3) is 0.320. The Labute approximate surface area is 205 Å². The van der Waals surface area contributed by atoms with Crippen molar-refractivity contribution in [1.82, 2.24) is 15.1 Å². The maximum absolute atomic E-state index is 13.6. The topological polar surface area (TPSA) is 96.7 Å². The van der Waals surface area contributed by atoms with Crippen molar-refractivity contribution in [3.05, 3.63) is 71.0 Å². The van der Waals surface area contributed by atoms with Gasteiger partial charge in [-0.15, -0.1) is 0 Å². The van der Waals surface area contributed by atoms with Crippen molar-refractivity contribution in [2.24, 2.45) is 0 Å². The Morgan fingerprint density at radius 3 is 2.56 bits per heavy atom. The largest absolute Gasteiger partial charge is 0.487 e. The second kappa shape index (κ2) is 10.0. The minimum Gasteiger partial charge on any atom is -0.487 e. The Kier molecular flexibility index (Phi) is 7.02. The number of likely N-dealkylation sites (N-methyl/N-ethyl adjacent to an activating group) is 1. The molecule has 2 aromatic carbocycles. The maximum atomic E-state index is 13.6. The number of benzene rings is 2. The van der Waals surface area contributed by atoms with Gasteiger partial charge in [-0.1, -0.05) is 18.2 Å². The lowest BCUT2D eigenvalue weighted by atomic mass is 10.0. The summed E-state index contributed by atoms with van der Waals surface area (Å²) in [6.07, 6.45) is -4.38. The number of carbonyl (C=O) groups is 2. The van der Waals surface area contributed by atoms with Crippen molar-refractivity contribution in [3.63, 3.8) is 0 Å². The van der Waals surface area contributed by atoms with Crippen LogP contribution in [0.2, 0.25) is 0 Å². The number of fused-ring (bicyclic) bond motifs is 1. The van der Waals surface area contributed by atoms with Crippen LogP contribution in [0.25, 0.3) is 5.69 Å². The van der Waals surface area contributed by atoms with Crippen molar-refractivity contribution in [3.8, 4) is 11.4 Å². The molecule has 1 amide bonds. The van der Waals surface area contributed by atoms with Crippen molar-refractivity contribution in [1.29, 1.82) is 0 Å². The second-order valence-corrected chi connectivity index (χ2v) is 8.42. The third-order valence-corrected chi connectivity index (χ3v) is 6.12. The van der Waals surface area contributed by atoms with E-state index < -0.39 is 23.9 Å². The number of aromatic nitrogens is 2. The van der Waals surface area contributed by atoms with Gasteiger partial charge in [-0.3, -0.25) is 9.59 Å². The van der Waals surface area contributed by atoms with E-state index in [2.05, 4.69) is 10.4 Å². The van der Waals surface area contributed by atoms with Gasteiger partial charge in [-0.05, 0) is 61.9 Å². The summed E-state index contributed by atoms with van der Waals surface area (Å²) in [5, 5.41) is 15.9. The summed E-state index contributed by atoms with van der Waals surface area (Å²) in [6, 6.07) is 11.5. The highest BCUT2D eigenvalue weighted by Gasteiger charge is 2.36. The Bertz CT molecular complexity index is 1270. The number of rotatable bonds is 8. The predicted octanol–water partition coefficient (Wildman–Crippen LogP) is 3.73. The first-order valence-electron chi connectivity index (χ1n) is 11.3. The quantitative estimate of drug-likeness (QED) is 0.487. The van der Waals surface area contributed by atoms with E-state index >= 15 is 0 Å². The van der Waals surface area contributed by atoms with Gasteiger partial charge < -0.3 is 20.1 Å². The van der Waals surface area contributed by atoms with Gasteiger partial charge in [-0.2, -0.15) is 18.3 Å². The van der Waals surface area contributed by atoms with Gasteiger partial charge in [0.05, 0.1) is 18.2 Å². The minimum absolute atomic E-state index is 0.119. The van der Waals surface area contributed by atoms with Gasteiger partial charge in [0.25, 0.3) is 0 Å². The molecule has 2 N–H and O–H groups in total. The molecular weight excluding hydrogens is 477 g/mol. The van der Waals surface area contributed by atoms with E-state index in [1.807, 2.05) is 6.92 Å². The molecule has 1 atom stereocenters. The molecule has 1 aliphatic rings. The molecule has 4 rings (SSSR count). The zero-order chi connectivity index (χ0) is 26.0. The van der Waals surface area contributed by atoms with Gasteiger partial charge in [0.15, 0.2) is 0 Å². The van der Waals surface area contributed by atoms with Crippen LogP contribution in [0.1, 0.15) is 28.9 Å². The summed E-state index contributed by atoms with van der Waals surface area (Å²) >= 11 is 0. The predicted molar refractivity (Wildman–Crippen MR) is 125 cm³/mol. The molecule has 36 heavy (non-hydrogen) atoms. The summed E-state index contributed by atoms with van der Waals surface area (Å²) < 4.78 is 47.5. The zero-order valence-electron chi connectivity index (χ0n) is 19.7. The van der Waals surface area contributed by atoms with Crippen LogP contribution in [0.15, 0.2) is 48.5 Å². The molecule has 3 aromatic rings. The highest BCUT2D eigenvalue weighted by atomic mass is 19.4. The van der Waals surface area contributed by atoms with Crippen LogP contribution in [0.4, 0.5) is 18.9 Å². The van der Waals surface area contributed by atoms with Crippen LogP contribution in [0, 0.1) is 6.92 Å². The molecule has 8 nitrogen and oxygen atoms in total. The Morgan fingerprint density at radius 1 is 1.19 bits per heavy atom. The SMILES string of the molecule is CN[C@H](CC(=O)O)C(=O)N1CCc2c1ccc(OCc1cc(C(F)(F)F)n(-c3ccccc3)n1)c2C. The normalized spacial score (nSPS) is 14.0. The number of ether oxygens (including phenoxy) is 1. The van der Waals surface area contributed by atoms with E-state index in [0.717, 1.165) is 21.9 Å². The number of carboxylic acids is 1. The van der Waals surface area contributed by atoms with Crippen molar-refractivity contribution < 1.29 is 32.6 Å². The molecular formula is C25H25F3N4O4. The van der Waals surface area contributed by atoms with Crippen LogP contribution >= 0.6 is 0 Å². The average Bonchev–Trinajstić information content (AvgIpc) is 3.47. The summed E-state index contributed by atoms with van der Waals surface area (Å²) in [5.41, 5.74) is 1.82. The number of hydrogen-bond donors (Lipinski definition) is 2. The monoisotopic (exact) mass is 502 g/mol. The second-order valence-electron chi connectivity index (χ2n) is 8.42. The van der Waals surface area contributed by atoms with Crippen LogP contribution in [0.5, 0.6) is 5.75 Å². The first-order chi connectivity index (χ1) is 17.1. The van der Waals surface area contributed by atoms with Crippen LogP contribution in [-0.2, 0) is 28.8 Å². The van der Waals surface area contributed by atoms with Gasteiger partial charge >= 0.3 is 12.1 Å². The van der Waals surface area contributed by atoms with E-state index in [9.17, 15) is 22.8 Å². The zero-order valence-corrected chi connectivity index (χ0v) is 19.7. The number of carbonyl (C=O) groups excluding carboxylic acids is 1. The van der Waals surface area contributed by atoms with E-state index in [-0.39, 0.29) is 30.3 Å². The van der Waals surface area contributed by atoms with Crippen LogP contribution in [0.3, 0.4) is 0 Å². The van der Waals surface area contributed by atoms with Gasteiger partial charge in [-0.25, -0.2) is 4.68 Å². The molecule has 0 radical (unpaired) electrons. The van der Waals surface area contributed by atoms with Crippen LogP contribution in [-0.4, -0.2) is 46.4 Å². The first kappa shape index (κ1) is 25.2. The highest BCUT2D eigenvalue weighted by molar-refractivity contribution is 6.00.